The maximum absolute atomic E-state index is 10.5. The van der Waals surface area contributed by atoms with E-state index >= 15 is 0 Å². The first-order chi connectivity index (χ1) is 10.0. The van der Waals surface area contributed by atoms with Gasteiger partial charge in [0.25, 0.3) is 0 Å². The van der Waals surface area contributed by atoms with Crippen LogP contribution in [0.15, 0.2) is 30.3 Å². The largest absolute Gasteiger partial charge is 0.492 e. The van der Waals surface area contributed by atoms with E-state index in [2.05, 4.69) is 25.7 Å². The minimum Gasteiger partial charge on any atom is -0.492 e. The Morgan fingerprint density at radius 3 is 2.81 bits per heavy atom. The van der Waals surface area contributed by atoms with Crippen LogP contribution in [0.1, 0.15) is 26.3 Å². The third-order valence-corrected chi connectivity index (χ3v) is 3.02. The van der Waals surface area contributed by atoms with Crippen LogP contribution in [0, 0.1) is 5.92 Å². The van der Waals surface area contributed by atoms with Crippen molar-refractivity contribution in [1.29, 1.82) is 0 Å². The Morgan fingerprint density at radius 1 is 1.43 bits per heavy atom. The predicted octanol–water partition coefficient (Wildman–Crippen LogP) is 3.14. The average molecular weight is 291 g/mol. The van der Waals surface area contributed by atoms with Gasteiger partial charge in [-0.2, -0.15) is 0 Å². The molecule has 21 heavy (non-hydrogen) atoms. The Bertz CT molecular complexity index is 469. The zero-order valence-corrected chi connectivity index (χ0v) is 13.1. The maximum Gasteiger partial charge on any atom is 0.328 e. The van der Waals surface area contributed by atoms with Crippen molar-refractivity contribution in [2.45, 2.75) is 20.8 Å². The molecule has 0 saturated carbocycles. The van der Waals surface area contributed by atoms with Crippen LogP contribution in [0.5, 0.6) is 5.75 Å². The summed E-state index contributed by atoms with van der Waals surface area (Å²) in [4.78, 5) is 12.9. The zero-order chi connectivity index (χ0) is 15.7. The summed E-state index contributed by atoms with van der Waals surface area (Å²) in [5.41, 5.74) is 0.824. The number of hydrogen-bond donors (Lipinski definition) is 1. The number of rotatable bonds is 9. The summed E-state index contributed by atoms with van der Waals surface area (Å²) < 4.78 is 5.74. The van der Waals surface area contributed by atoms with Crippen molar-refractivity contribution in [2.24, 2.45) is 5.92 Å². The van der Waals surface area contributed by atoms with E-state index in [0.717, 1.165) is 37.0 Å². The molecule has 1 aromatic carbocycles. The second kappa shape index (κ2) is 9.19. The van der Waals surface area contributed by atoms with Gasteiger partial charge in [0.2, 0.25) is 0 Å². The molecule has 0 aliphatic heterocycles. The molecule has 0 bridgehead atoms. The molecule has 4 nitrogen and oxygen atoms in total. The van der Waals surface area contributed by atoms with Gasteiger partial charge in [0.05, 0.1) is 0 Å². The van der Waals surface area contributed by atoms with Gasteiger partial charge in [-0.15, -0.1) is 0 Å². The molecule has 0 aliphatic rings. The Morgan fingerprint density at radius 2 is 2.19 bits per heavy atom. The van der Waals surface area contributed by atoms with Crippen LogP contribution in [-0.4, -0.2) is 42.2 Å². The van der Waals surface area contributed by atoms with Crippen molar-refractivity contribution in [2.75, 3.05) is 26.2 Å². The summed E-state index contributed by atoms with van der Waals surface area (Å²) in [6, 6.07) is 7.45. The lowest BCUT2D eigenvalue weighted by Crippen LogP contribution is -2.31. The predicted molar refractivity (Wildman–Crippen MR) is 85.6 cm³/mol. The summed E-state index contributed by atoms with van der Waals surface area (Å²) in [6.07, 6.45) is 2.69. The molecular weight excluding hydrogens is 266 g/mol. The SMILES string of the molecule is CCN(CCOc1cccc(C=CC(=O)O)c1)CC(C)C. The fourth-order valence-corrected chi connectivity index (χ4v) is 2.06. The Kier molecular flexibility index (Phi) is 7.54. The van der Waals surface area contributed by atoms with Crippen molar-refractivity contribution in [3.8, 4) is 5.75 Å². The van der Waals surface area contributed by atoms with E-state index in [1.54, 1.807) is 6.08 Å². The van der Waals surface area contributed by atoms with Crippen LogP contribution in [0.2, 0.25) is 0 Å². The van der Waals surface area contributed by atoms with Crippen LogP contribution in [0.25, 0.3) is 6.08 Å². The molecule has 4 heteroatoms. The molecule has 1 aromatic rings. The van der Waals surface area contributed by atoms with Gasteiger partial charge in [-0.3, -0.25) is 4.90 Å². The van der Waals surface area contributed by atoms with Crippen LogP contribution >= 0.6 is 0 Å². The van der Waals surface area contributed by atoms with E-state index in [0.29, 0.717) is 12.5 Å². The van der Waals surface area contributed by atoms with E-state index in [-0.39, 0.29) is 0 Å². The number of nitrogens with zero attached hydrogens (tertiary/aromatic N) is 1. The number of ether oxygens (including phenoxy) is 1. The quantitative estimate of drug-likeness (QED) is 0.710. The number of benzene rings is 1. The Hall–Kier alpha value is -1.81. The first kappa shape index (κ1) is 17.2. The van der Waals surface area contributed by atoms with Crippen LogP contribution in [0.3, 0.4) is 0 Å². The first-order valence-corrected chi connectivity index (χ1v) is 7.37. The van der Waals surface area contributed by atoms with Gasteiger partial charge in [0.15, 0.2) is 0 Å². The van der Waals surface area contributed by atoms with E-state index in [9.17, 15) is 4.79 Å². The first-order valence-electron chi connectivity index (χ1n) is 7.37. The molecule has 0 atom stereocenters. The third-order valence-electron chi connectivity index (χ3n) is 3.02. The number of carboxylic acids is 1. The van der Waals surface area contributed by atoms with Crippen LogP contribution < -0.4 is 4.74 Å². The number of carbonyl (C=O) groups is 1. The standard InChI is InChI=1S/C17H25NO3/c1-4-18(13-14(2)3)10-11-21-16-7-5-6-15(12-16)8-9-17(19)20/h5-9,12,14H,4,10-11,13H2,1-3H3,(H,19,20). The second-order valence-corrected chi connectivity index (χ2v) is 5.38. The van der Waals surface area contributed by atoms with Gasteiger partial charge in [0, 0.05) is 19.2 Å². The molecule has 0 amide bonds. The lowest BCUT2D eigenvalue weighted by Gasteiger charge is -2.22. The molecule has 0 radical (unpaired) electrons. The normalized spacial score (nSPS) is 11.5. The highest BCUT2D eigenvalue weighted by atomic mass is 16.5. The van der Waals surface area contributed by atoms with Crippen molar-refractivity contribution >= 4 is 12.0 Å². The molecule has 0 aliphatic carbocycles. The highest BCUT2D eigenvalue weighted by Crippen LogP contribution is 2.14. The topological polar surface area (TPSA) is 49.8 Å². The van der Waals surface area contributed by atoms with Gasteiger partial charge < -0.3 is 9.84 Å². The molecule has 0 spiro atoms. The number of carboxylic acid groups (broad SMARTS) is 1. The highest BCUT2D eigenvalue weighted by molar-refractivity contribution is 5.85. The Balaban J connectivity index is 2.48. The molecule has 0 saturated heterocycles. The third kappa shape index (κ3) is 7.51. The van der Waals surface area contributed by atoms with E-state index in [1.165, 1.54) is 0 Å². The van der Waals surface area contributed by atoms with E-state index < -0.39 is 5.97 Å². The molecule has 116 valence electrons. The van der Waals surface area contributed by atoms with Crippen LogP contribution in [0.4, 0.5) is 0 Å². The lowest BCUT2D eigenvalue weighted by atomic mass is 10.2. The van der Waals surface area contributed by atoms with E-state index in [4.69, 9.17) is 9.84 Å². The summed E-state index contributed by atoms with van der Waals surface area (Å²) in [6.45, 7) is 10.2. The average Bonchev–Trinajstić information content (AvgIpc) is 2.44. The van der Waals surface area contributed by atoms with Gasteiger partial charge >= 0.3 is 5.97 Å². The summed E-state index contributed by atoms with van der Waals surface area (Å²) in [7, 11) is 0. The van der Waals surface area contributed by atoms with Crippen LogP contribution in [-0.2, 0) is 4.79 Å². The summed E-state index contributed by atoms with van der Waals surface area (Å²) >= 11 is 0. The molecule has 1 N–H and O–H groups in total. The fraction of sp³-hybridized carbons (Fsp3) is 0.471. The maximum atomic E-state index is 10.5. The molecule has 0 unspecified atom stereocenters. The van der Waals surface area contributed by atoms with Gasteiger partial charge in [0.1, 0.15) is 12.4 Å². The molecule has 1 rings (SSSR count). The number of likely N-dealkylation sites (N-methyl/N-ethyl adjacent to an activating group) is 1. The van der Waals surface area contributed by atoms with Crippen molar-refractivity contribution in [3.63, 3.8) is 0 Å². The van der Waals surface area contributed by atoms with Crippen molar-refractivity contribution < 1.29 is 14.6 Å². The van der Waals surface area contributed by atoms with Gasteiger partial charge in [-0.25, -0.2) is 4.79 Å². The fourth-order valence-electron chi connectivity index (χ4n) is 2.06. The molecule has 0 aromatic heterocycles. The molecular formula is C17H25NO3. The minimum absolute atomic E-state index is 0.632. The Labute approximate surface area is 127 Å². The van der Waals surface area contributed by atoms with Gasteiger partial charge in [-0.05, 0) is 36.2 Å². The molecule has 0 heterocycles. The minimum atomic E-state index is -0.950. The van der Waals surface area contributed by atoms with Crippen molar-refractivity contribution in [1.82, 2.24) is 4.90 Å². The smallest absolute Gasteiger partial charge is 0.328 e. The van der Waals surface area contributed by atoms with Gasteiger partial charge in [-0.1, -0.05) is 32.9 Å². The lowest BCUT2D eigenvalue weighted by molar-refractivity contribution is -0.131. The van der Waals surface area contributed by atoms with Crippen molar-refractivity contribution in [3.05, 3.63) is 35.9 Å². The second-order valence-electron chi connectivity index (χ2n) is 5.38. The summed E-state index contributed by atoms with van der Waals surface area (Å²) in [5.74, 6) is 0.464. The summed E-state index contributed by atoms with van der Waals surface area (Å²) in [5, 5.41) is 8.62. The van der Waals surface area contributed by atoms with E-state index in [1.807, 2.05) is 24.3 Å². The number of aliphatic carboxylic acids is 1. The number of hydrogen-bond acceptors (Lipinski definition) is 3. The monoisotopic (exact) mass is 291 g/mol. The zero-order valence-electron chi connectivity index (χ0n) is 13.1. The molecule has 0 fully saturated rings. The highest BCUT2D eigenvalue weighted by Gasteiger charge is 2.05.